The van der Waals surface area contributed by atoms with E-state index in [0.29, 0.717) is 32.8 Å². The zero-order chi connectivity index (χ0) is 19.9. The molecule has 1 aliphatic heterocycles. The SMILES string of the molecule is CCNC(=NCCOc1cccc(C)c1)N1CCN(c2cnn(C)c2)C(=O)C1.I. The van der Waals surface area contributed by atoms with Gasteiger partial charge in [-0.15, -0.1) is 24.0 Å². The number of guanidine groups is 1. The highest BCUT2D eigenvalue weighted by Gasteiger charge is 2.27. The molecular weight excluding hydrogens is 483 g/mol. The second-order valence-electron chi connectivity index (χ2n) is 6.74. The molecule has 1 N–H and O–H groups in total. The van der Waals surface area contributed by atoms with Crippen molar-refractivity contribution >= 4 is 41.5 Å². The first kappa shape index (κ1) is 23.0. The molecule has 9 heteroatoms. The summed E-state index contributed by atoms with van der Waals surface area (Å²) in [6.07, 6.45) is 3.57. The number of hydrogen-bond acceptors (Lipinski definition) is 4. The first-order chi connectivity index (χ1) is 13.6. The van der Waals surface area contributed by atoms with Crippen LogP contribution in [0.5, 0.6) is 5.75 Å². The molecule has 0 unspecified atom stereocenters. The lowest BCUT2D eigenvalue weighted by Gasteiger charge is -2.35. The predicted molar refractivity (Wildman–Crippen MR) is 125 cm³/mol. The lowest BCUT2D eigenvalue weighted by atomic mass is 10.2. The highest BCUT2D eigenvalue weighted by atomic mass is 127. The largest absolute Gasteiger partial charge is 0.492 e. The topological polar surface area (TPSA) is 75.0 Å². The Labute approximate surface area is 188 Å². The van der Waals surface area contributed by atoms with Crippen LogP contribution in [0, 0.1) is 6.92 Å². The van der Waals surface area contributed by atoms with E-state index in [1.54, 1.807) is 15.8 Å². The molecule has 1 aliphatic rings. The average Bonchev–Trinajstić information content (AvgIpc) is 3.10. The number of nitrogens with one attached hydrogen (secondary N) is 1. The number of aromatic nitrogens is 2. The Kier molecular flexibility index (Phi) is 8.74. The van der Waals surface area contributed by atoms with Gasteiger partial charge in [-0.05, 0) is 31.5 Å². The number of carbonyl (C=O) groups excluding carboxylic acids is 1. The smallest absolute Gasteiger partial charge is 0.246 e. The van der Waals surface area contributed by atoms with E-state index in [0.717, 1.165) is 23.9 Å². The third-order valence-corrected chi connectivity index (χ3v) is 4.47. The standard InChI is InChI=1S/C20H28N6O2.HI/c1-4-21-20(22-8-11-28-18-7-5-6-16(2)12-18)25-9-10-26(19(27)15-25)17-13-23-24(3)14-17;/h5-7,12-14H,4,8-11,15H2,1-3H3,(H,21,22);1H. The highest BCUT2D eigenvalue weighted by Crippen LogP contribution is 2.16. The summed E-state index contributed by atoms with van der Waals surface area (Å²) in [6, 6.07) is 7.96. The van der Waals surface area contributed by atoms with Gasteiger partial charge in [0.2, 0.25) is 5.91 Å². The molecule has 3 rings (SSSR count). The summed E-state index contributed by atoms with van der Waals surface area (Å²) in [6.45, 7) is 7.42. The molecule has 2 aromatic rings. The fourth-order valence-corrected chi connectivity index (χ4v) is 3.12. The van der Waals surface area contributed by atoms with E-state index in [-0.39, 0.29) is 29.9 Å². The Morgan fingerprint density at radius 3 is 2.83 bits per heavy atom. The van der Waals surface area contributed by atoms with E-state index in [9.17, 15) is 4.79 Å². The van der Waals surface area contributed by atoms with Gasteiger partial charge in [0.25, 0.3) is 0 Å². The van der Waals surface area contributed by atoms with Crippen LogP contribution in [0.2, 0.25) is 0 Å². The number of amides is 1. The van der Waals surface area contributed by atoms with E-state index < -0.39 is 0 Å². The molecule has 29 heavy (non-hydrogen) atoms. The van der Waals surface area contributed by atoms with Crippen LogP contribution in [0.4, 0.5) is 5.69 Å². The van der Waals surface area contributed by atoms with Gasteiger partial charge >= 0.3 is 0 Å². The third kappa shape index (κ3) is 6.34. The number of anilines is 1. The number of ether oxygens (including phenoxy) is 1. The molecule has 0 bridgehead atoms. The molecular formula is C20H29IN6O2. The fourth-order valence-electron chi connectivity index (χ4n) is 3.12. The minimum Gasteiger partial charge on any atom is -0.492 e. The average molecular weight is 512 g/mol. The zero-order valence-electron chi connectivity index (χ0n) is 17.2. The van der Waals surface area contributed by atoms with Crippen LogP contribution >= 0.6 is 24.0 Å². The number of nitrogens with zero attached hydrogens (tertiary/aromatic N) is 5. The van der Waals surface area contributed by atoms with Gasteiger partial charge < -0.3 is 19.9 Å². The molecule has 1 amide bonds. The van der Waals surface area contributed by atoms with E-state index in [1.807, 2.05) is 56.3 Å². The number of piperazine rings is 1. The van der Waals surface area contributed by atoms with Gasteiger partial charge in [0.15, 0.2) is 5.96 Å². The molecule has 1 fully saturated rings. The molecule has 158 valence electrons. The first-order valence-electron chi connectivity index (χ1n) is 9.58. The molecule has 1 aromatic heterocycles. The molecule has 0 atom stereocenters. The molecule has 0 saturated carbocycles. The lowest BCUT2D eigenvalue weighted by Crippen LogP contribution is -2.55. The second-order valence-corrected chi connectivity index (χ2v) is 6.74. The third-order valence-electron chi connectivity index (χ3n) is 4.47. The Bertz CT molecular complexity index is 838. The first-order valence-corrected chi connectivity index (χ1v) is 9.58. The Morgan fingerprint density at radius 1 is 1.34 bits per heavy atom. The van der Waals surface area contributed by atoms with Gasteiger partial charge in [0, 0.05) is 32.9 Å². The maximum Gasteiger partial charge on any atom is 0.246 e. The quantitative estimate of drug-likeness (QED) is 0.278. The maximum atomic E-state index is 12.6. The molecule has 1 saturated heterocycles. The zero-order valence-corrected chi connectivity index (χ0v) is 19.5. The number of benzene rings is 1. The molecule has 0 radical (unpaired) electrons. The number of carbonyl (C=O) groups is 1. The van der Waals surface area contributed by atoms with E-state index >= 15 is 0 Å². The Hall–Kier alpha value is -2.30. The van der Waals surface area contributed by atoms with Gasteiger partial charge in [-0.3, -0.25) is 9.48 Å². The van der Waals surface area contributed by atoms with Gasteiger partial charge in [0.1, 0.15) is 18.9 Å². The van der Waals surface area contributed by atoms with Crippen molar-refractivity contribution in [2.45, 2.75) is 13.8 Å². The highest BCUT2D eigenvalue weighted by molar-refractivity contribution is 14.0. The number of rotatable bonds is 6. The van der Waals surface area contributed by atoms with Crippen LogP contribution in [0.25, 0.3) is 0 Å². The number of aryl methyl sites for hydroxylation is 2. The van der Waals surface area contributed by atoms with Crippen molar-refractivity contribution in [2.24, 2.45) is 12.0 Å². The van der Waals surface area contributed by atoms with Crippen molar-refractivity contribution in [3.05, 3.63) is 42.2 Å². The lowest BCUT2D eigenvalue weighted by molar-refractivity contribution is -0.120. The summed E-state index contributed by atoms with van der Waals surface area (Å²) in [5, 5.41) is 7.42. The van der Waals surface area contributed by atoms with E-state index in [1.165, 1.54) is 5.56 Å². The van der Waals surface area contributed by atoms with Gasteiger partial charge in [-0.2, -0.15) is 5.10 Å². The van der Waals surface area contributed by atoms with Crippen molar-refractivity contribution in [1.82, 2.24) is 20.0 Å². The molecule has 8 nitrogen and oxygen atoms in total. The van der Waals surface area contributed by atoms with Crippen LogP contribution in [0.15, 0.2) is 41.7 Å². The van der Waals surface area contributed by atoms with Crippen LogP contribution < -0.4 is 15.0 Å². The van der Waals surface area contributed by atoms with Crippen molar-refractivity contribution < 1.29 is 9.53 Å². The minimum atomic E-state index is 0. The normalized spacial score (nSPS) is 14.6. The summed E-state index contributed by atoms with van der Waals surface area (Å²) >= 11 is 0. The summed E-state index contributed by atoms with van der Waals surface area (Å²) < 4.78 is 7.47. The molecule has 2 heterocycles. The van der Waals surface area contributed by atoms with Gasteiger partial charge in [0.05, 0.1) is 18.4 Å². The monoisotopic (exact) mass is 512 g/mol. The maximum absolute atomic E-state index is 12.6. The Morgan fingerprint density at radius 2 is 2.17 bits per heavy atom. The second kappa shape index (κ2) is 11.0. The number of aliphatic imine (C=N–C) groups is 1. The molecule has 1 aromatic carbocycles. The number of halogens is 1. The van der Waals surface area contributed by atoms with E-state index in [2.05, 4.69) is 15.4 Å². The molecule has 0 aliphatic carbocycles. The van der Waals surface area contributed by atoms with Crippen LogP contribution in [-0.4, -0.2) is 65.9 Å². The summed E-state index contributed by atoms with van der Waals surface area (Å²) in [5.74, 6) is 1.64. The van der Waals surface area contributed by atoms with Gasteiger partial charge in [-0.1, -0.05) is 12.1 Å². The van der Waals surface area contributed by atoms with Crippen molar-refractivity contribution in [2.75, 3.05) is 44.2 Å². The number of hydrogen-bond donors (Lipinski definition) is 1. The fraction of sp³-hybridized carbons (Fsp3) is 0.450. The van der Waals surface area contributed by atoms with Crippen molar-refractivity contribution in [1.29, 1.82) is 0 Å². The van der Waals surface area contributed by atoms with Crippen molar-refractivity contribution in [3.8, 4) is 5.75 Å². The minimum absolute atomic E-state index is 0. The van der Waals surface area contributed by atoms with E-state index in [4.69, 9.17) is 4.74 Å². The van der Waals surface area contributed by atoms with Crippen LogP contribution in [0.1, 0.15) is 12.5 Å². The summed E-state index contributed by atoms with van der Waals surface area (Å²) in [4.78, 5) is 21.0. The Balaban J connectivity index is 0.00000300. The van der Waals surface area contributed by atoms with Crippen LogP contribution in [-0.2, 0) is 11.8 Å². The van der Waals surface area contributed by atoms with Crippen molar-refractivity contribution in [3.63, 3.8) is 0 Å². The summed E-state index contributed by atoms with van der Waals surface area (Å²) in [7, 11) is 1.85. The van der Waals surface area contributed by atoms with Crippen LogP contribution in [0.3, 0.4) is 0 Å². The summed E-state index contributed by atoms with van der Waals surface area (Å²) in [5.41, 5.74) is 2.00. The predicted octanol–water partition coefficient (Wildman–Crippen LogP) is 2.04. The molecule has 0 spiro atoms. The van der Waals surface area contributed by atoms with Gasteiger partial charge in [-0.25, -0.2) is 4.99 Å².